The van der Waals surface area contributed by atoms with Crippen LogP contribution in [0.5, 0.6) is 11.5 Å². The summed E-state index contributed by atoms with van der Waals surface area (Å²) in [5.41, 5.74) is 4.59. The first-order valence-electron chi connectivity index (χ1n) is 10.7. The summed E-state index contributed by atoms with van der Waals surface area (Å²) < 4.78 is 26.1. The fourth-order valence-corrected chi connectivity index (χ4v) is 3.85. The van der Waals surface area contributed by atoms with E-state index in [1.807, 2.05) is 12.1 Å². The molecule has 0 aliphatic heterocycles. The average Bonchev–Trinajstić information content (AvgIpc) is 3.28. The van der Waals surface area contributed by atoms with Crippen LogP contribution in [-0.4, -0.2) is 17.1 Å². The number of imidazole rings is 1. The standard InChI is InChI=1S/C27H26BrFN2O2/c1-27(2,3)19-8-5-17(6-9-19)26-30-15-24(31-26)22-12-11-21(14-25(22)32-4)33-16-18-7-10-20(28)13-23(18)29/h5-15H,16H2,1-4H3,(H,30,31). The van der Waals surface area contributed by atoms with Crippen molar-refractivity contribution in [3.63, 3.8) is 0 Å². The Morgan fingerprint density at radius 1 is 1.00 bits per heavy atom. The van der Waals surface area contributed by atoms with Gasteiger partial charge in [-0.15, -0.1) is 0 Å². The lowest BCUT2D eigenvalue weighted by atomic mass is 9.87. The number of halogens is 2. The molecule has 1 N–H and O–H groups in total. The molecule has 0 radical (unpaired) electrons. The number of rotatable bonds is 6. The molecule has 1 aromatic heterocycles. The number of aromatic nitrogens is 2. The Morgan fingerprint density at radius 3 is 2.42 bits per heavy atom. The van der Waals surface area contributed by atoms with E-state index in [9.17, 15) is 4.39 Å². The number of hydrogen-bond donors (Lipinski definition) is 1. The third-order valence-electron chi connectivity index (χ3n) is 5.47. The largest absolute Gasteiger partial charge is 0.496 e. The van der Waals surface area contributed by atoms with Crippen molar-refractivity contribution in [2.24, 2.45) is 0 Å². The Morgan fingerprint density at radius 2 is 1.76 bits per heavy atom. The highest BCUT2D eigenvalue weighted by Gasteiger charge is 2.15. The van der Waals surface area contributed by atoms with Crippen molar-refractivity contribution < 1.29 is 13.9 Å². The van der Waals surface area contributed by atoms with Crippen LogP contribution in [0.3, 0.4) is 0 Å². The predicted octanol–water partition coefficient (Wildman–Crippen LogP) is 7.53. The fourth-order valence-electron chi connectivity index (χ4n) is 3.52. The third-order valence-corrected chi connectivity index (χ3v) is 5.97. The van der Waals surface area contributed by atoms with Gasteiger partial charge in [0.15, 0.2) is 0 Å². The van der Waals surface area contributed by atoms with Gasteiger partial charge in [0.1, 0.15) is 29.7 Å². The Balaban J connectivity index is 1.53. The molecular weight excluding hydrogens is 483 g/mol. The maximum atomic E-state index is 14.1. The van der Waals surface area contributed by atoms with Gasteiger partial charge >= 0.3 is 0 Å². The molecule has 6 heteroatoms. The molecule has 0 atom stereocenters. The zero-order valence-corrected chi connectivity index (χ0v) is 20.7. The molecule has 0 saturated heterocycles. The molecule has 0 spiro atoms. The van der Waals surface area contributed by atoms with Crippen LogP contribution < -0.4 is 9.47 Å². The van der Waals surface area contributed by atoms with Gasteiger partial charge in [-0.1, -0.05) is 67.0 Å². The highest BCUT2D eigenvalue weighted by Crippen LogP contribution is 2.34. The van der Waals surface area contributed by atoms with Gasteiger partial charge in [0.25, 0.3) is 0 Å². The summed E-state index contributed by atoms with van der Waals surface area (Å²) in [6.45, 7) is 6.71. The van der Waals surface area contributed by atoms with Crippen LogP contribution in [0, 0.1) is 5.82 Å². The molecular formula is C27H26BrFN2O2. The average molecular weight is 509 g/mol. The summed E-state index contributed by atoms with van der Waals surface area (Å²) in [6, 6.07) is 18.9. The molecule has 0 amide bonds. The van der Waals surface area contributed by atoms with Crippen molar-refractivity contribution in [3.05, 3.63) is 88.3 Å². The molecule has 4 aromatic rings. The summed E-state index contributed by atoms with van der Waals surface area (Å²) in [5.74, 6) is 1.71. The monoisotopic (exact) mass is 508 g/mol. The number of H-pyrrole nitrogens is 1. The first kappa shape index (κ1) is 23.1. The SMILES string of the molecule is COc1cc(OCc2ccc(Br)cc2F)ccc1-c1cnc(-c2ccc(C(C)(C)C)cc2)[nH]1. The van der Waals surface area contributed by atoms with Crippen LogP contribution in [0.25, 0.3) is 22.6 Å². The molecule has 3 aromatic carbocycles. The zero-order chi connectivity index (χ0) is 23.6. The smallest absolute Gasteiger partial charge is 0.137 e. The molecule has 170 valence electrons. The van der Waals surface area contributed by atoms with Crippen LogP contribution >= 0.6 is 15.9 Å². The summed E-state index contributed by atoms with van der Waals surface area (Å²) in [7, 11) is 1.61. The molecule has 1 heterocycles. The zero-order valence-electron chi connectivity index (χ0n) is 19.1. The van der Waals surface area contributed by atoms with Gasteiger partial charge in [0.05, 0.1) is 19.0 Å². The van der Waals surface area contributed by atoms with E-state index in [0.717, 1.165) is 22.6 Å². The maximum Gasteiger partial charge on any atom is 0.137 e. The molecule has 33 heavy (non-hydrogen) atoms. The Hall–Kier alpha value is -3.12. The third kappa shape index (κ3) is 5.28. The lowest BCUT2D eigenvalue weighted by Gasteiger charge is -2.18. The minimum Gasteiger partial charge on any atom is -0.496 e. The highest BCUT2D eigenvalue weighted by molar-refractivity contribution is 9.10. The normalized spacial score (nSPS) is 11.5. The predicted molar refractivity (Wildman–Crippen MR) is 133 cm³/mol. The van der Waals surface area contributed by atoms with E-state index in [1.54, 1.807) is 31.5 Å². The van der Waals surface area contributed by atoms with Crippen molar-refractivity contribution >= 4 is 15.9 Å². The quantitative estimate of drug-likeness (QED) is 0.292. The van der Waals surface area contributed by atoms with Gasteiger partial charge in [-0.3, -0.25) is 0 Å². The van der Waals surface area contributed by atoms with Crippen LogP contribution in [0.4, 0.5) is 4.39 Å². The van der Waals surface area contributed by atoms with Crippen LogP contribution in [0.2, 0.25) is 0 Å². The van der Waals surface area contributed by atoms with Crippen LogP contribution in [-0.2, 0) is 12.0 Å². The first-order valence-corrected chi connectivity index (χ1v) is 11.4. The van der Waals surface area contributed by atoms with Gasteiger partial charge in [-0.05, 0) is 35.2 Å². The Labute approximate surface area is 201 Å². The molecule has 0 bridgehead atoms. The van der Waals surface area contributed by atoms with Gasteiger partial charge in [0.2, 0.25) is 0 Å². The summed E-state index contributed by atoms with van der Waals surface area (Å²) in [5, 5.41) is 0. The topological polar surface area (TPSA) is 47.1 Å². The molecule has 4 rings (SSSR count). The van der Waals surface area contributed by atoms with E-state index in [1.165, 1.54) is 11.6 Å². The van der Waals surface area contributed by atoms with Gasteiger partial charge in [-0.25, -0.2) is 9.37 Å². The van der Waals surface area contributed by atoms with Crippen molar-refractivity contribution in [3.8, 4) is 34.1 Å². The van der Waals surface area contributed by atoms with Gasteiger partial charge in [0, 0.05) is 27.2 Å². The number of hydrogen-bond acceptors (Lipinski definition) is 3. The number of nitrogens with one attached hydrogen (secondary N) is 1. The highest BCUT2D eigenvalue weighted by atomic mass is 79.9. The van der Waals surface area contributed by atoms with Gasteiger partial charge in [-0.2, -0.15) is 0 Å². The van der Waals surface area contributed by atoms with Gasteiger partial charge < -0.3 is 14.5 Å². The number of aromatic amines is 1. The number of nitrogens with zero attached hydrogens (tertiary/aromatic N) is 1. The minimum atomic E-state index is -0.312. The maximum absolute atomic E-state index is 14.1. The van der Waals surface area contributed by atoms with Crippen molar-refractivity contribution in [1.82, 2.24) is 9.97 Å². The first-order chi connectivity index (χ1) is 15.7. The van der Waals surface area contributed by atoms with E-state index in [2.05, 4.69) is 70.9 Å². The molecule has 0 aliphatic carbocycles. The molecule has 0 saturated carbocycles. The van der Waals surface area contributed by atoms with Crippen molar-refractivity contribution in [2.75, 3.05) is 7.11 Å². The van der Waals surface area contributed by atoms with E-state index in [4.69, 9.17) is 9.47 Å². The minimum absolute atomic E-state index is 0.104. The molecule has 0 aliphatic rings. The molecule has 4 nitrogen and oxygen atoms in total. The summed E-state index contributed by atoms with van der Waals surface area (Å²) in [4.78, 5) is 7.94. The van der Waals surface area contributed by atoms with E-state index >= 15 is 0 Å². The fraction of sp³-hybridized carbons (Fsp3) is 0.222. The van der Waals surface area contributed by atoms with E-state index in [0.29, 0.717) is 21.5 Å². The Bertz CT molecular complexity index is 1260. The summed E-state index contributed by atoms with van der Waals surface area (Å²) >= 11 is 3.26. The van der Waals surface area contributed by atoms with E-state index in [-0.39, 0.29) is 17.8 Å². The lowest BCUT2D eigenvalue weighted by molar-refractivity contribution is 0.297. The second-order valence-electron chi connectivity index (χ2n) is 8.86. The number of ether oxygens (including phenoxy) is 2. The second kappa shape index (κ2) is 9.40. The number of methoxy groups -OCH3 is 1. The Kier molecular flexibility index (Phi) is 6.56. The number of benzene rings is 3. The summed E-state index contributed by atoms with van der Waals surface area (Å²) in [6.07, 6.45) is 1.79. The van der Waals surface area contributed by atoms with Crippen molar-refractivity contribution in [2.45, 2.75) is 32.8 Å². The lowest BCUT2D eigenvalue weighted by Crippen LogP contribution is -2.10. The van der Waals surface area contributed by atoms with Crippen LogP contribution in [0.1, 0.15) is 31.9 Å². The molecule has 0 fully saturated rings. The van der Waals surface area contributed by atoms with Crippen LogP contribution in [0.15, 0.2) is 71.3 Å². The second-order valence-corrected chi connectivity index (χ2v) is 9.78. The van der Waals surface area contributed by atoms with Crippen molar-refractivity contribution in [1.29, 1.82) is 0 Å². The molecule has 0 unspecified atom stereocenters. The van der Waals surface area contributed by atoms with E-state index < -0.39 is 0 Å².